The van der Waals surface area contributed by atoms with Gasteiger partial charge in [-0.25, -0.2) is 0 Å². The molecule has 0 saturated heterocycles. The van der Waals surface area contributed by atoms with E-state index in [9.17, 15) is 0 Å². The molecular formula is C15H27N3. The van der Waals surface area contributed by atoms with E-state index in [2.05, 4.69) is 29.2 Å². The van der Waals surface area contributed by atoms with Crippen LogP contribution in [0, 0.1) is 5.41 Å². The molecule has 0 aromatic heterocycles. The summed E-state index contributed by atoms with van der Waals surface area (Å²) in [6, 6.07) is 0. The number of hydrogen-bond acceptors (Lipinski definition) is 3. The molecule has 18 heavy (non-hydrogen) atoms. The van der Waals surface area contributed by atoms with Crippen LogP contribution in [0.5, 0.6) is 0 Å². The van der Waals surface area contributed by atoms with Gasteiger partial charge in [-0.05, 0) is 51.6 Å². The molecule has 1 heterocycles. The SMILES string of the molecule is CC1=N/C=C/NCCC2(CCCC2)CCN(C)C1. The minimum Gasteiger partial charge on any atom is -0.390 e. The van der Waals surface area contributed by atoms with E-state index in [-0.39, 0.29) is 0 Å². The first-order chi connectivity index (χ1) is 8.70. The van der Waals surface area contributed by atoms with Gasteiger partial charge in [0.25, 0.3) is 0 Å². The second-order valence-corrected chi connectivity index (χ2v) is 6.08. The average Bonchev–Trinajstić information content (AvgIpc) is 2.79. The van der Waals surface area contributed by atoms with Gasteiger partial charge in [-0.2, -0.15) is 0 Å². The van der Waals surface area contributed by atoms with Crippen molar-refractivity contribution in [3.05, 3.63) is 12.4 Å². The molecule has 0 aromatic carbocycles. The largest absolute Gasteiger partial charge is 0.390 e. The zero-order valence-corrected chi connectivity index (χ0v) is 11.9. The van der Waals surface area contributed by atoms with Gasteiger partial charge in [0, 0.05) is 31.2 Å². The third kappa shape index (κ3) is 3.84. The first-order valence-corrected chi connectivity index (χ1v) is 7.30. The normalized spacial score (nSPS) is 28.0. The lowest BCUT2D eigenvalue weighted by Crippen LogP contribution is -2.31. The van der Waals surface area contributed by atoms with E-state index >= 15 is 0 Å². The molecule has 102 valence electrons. The molecule has 2 rings (SSSR count). The molecule has 0 atom stereocenters. The molecule has 1 saturated carbocycles. The number of aliphatic imine (C=N–C) groups is 1. The molecule has 0 amide bonds. The lowest BCUT2D eigenvalue weighted by molar-refractivity contribution is 0.210. The third-order valence-electron chi connectivity index (χ3n) is 4.47. The van der Waals surface area contributed by atoms with E-state index in [0.717, 1.165) is 13.1 Å². The van der Waals surface area contributed by atoms with Crippen LogP contribution in [0.15, 0.2) is 17.4 Å². The predicted octanol–water partition coefficient (Wildman–Crippen LogP) is 2.79. The second kappa shape index (κ2) is 6.37. The van der Waals surface area contributed by atoms with E-state index in [1.54, 1.807) is 0 Å². The maximum atomic E-state index is 4.43. The van der Waals surface area contributed by atoms with Gasteiger partial charge < -0.3 is 10.2 Å². The van der Waals surface area contributed by atoms with Crippen molar-refractivity contribution in [1.29, 1.82) is 0 Å². The van der Waals surface area contributed by atoms with Gasteiger partial charge in [-0.1, -0.05) is 12.8 Å². The molecule has 1 N–H and O–H groups in total. The fourth-order valence-electron chi connectivity index (χ4n) is 3.33. The van der Waals surface area contributed by atoms with Crippen LogP contribution >= 0.6 is 0 Å². The minimum absolute atomic E-state index is 0.610. The Hall–Kier alpha value is -0.830. The van der Waals surface area contributed by atoms with Gasteiger partial charge in [0.05, 0.1) is 0 Å². The second-order valence-electron chi connectivity index (χ2n) is 6.08. The molecule has 0 radical (unpaired) electrons. The Morgan fingerprint density at radius 2 is 2.00 bits per heavy atom. The zero-order chi connectivity index (χ0) is 12.8. The van der Waals surface area contributed by atoms with E-state index in [1.165, 1.54) is 50.8 Å². The summed E-state index contributed by atoms with van der Waals surface area (Å²) in [5.74, 6) is 0. The lowest BCUT2D eigenvalue weighted by Gasteiger charge is -2.31. The highest BCUT2D eigenvalue weighted by molar-refractivity contribution is 5.84. The van der Waals surface area contributed by atoms with E-state index in [1.807, 2.05) is 12.4 Å². The summed E-state index contributed by atoms with van der Waals surface area (Å²) < 4.78 is 0. The van der Waals surface area contributed by atoms with Gasteiger partial charge in [-0.15, -0.1) is 0 Å². The van der Waals surface area contributed by atoms with Crippen molar-refractivity contribution in [2.75, 3.05) is 26.7 Å². The molecule has 1 spiro atoms. The fraction of sp³-hybridized carbons (Fsp3) is 0.800. The molecule has 1 fully saturated rings. The van der Waals surface area contributed by atoms with Crippen LogP contribution in [0.2, 0.25) is 0 Å². The van der Waals surface area contributed by atoms with Gasteiger partial charge in [0.15, 0.2) is 0 Å². The number of nitrogens with zero attached hydrogens (tertiary/aromatic N) is 2. The molecule has 3 nitrogen and oxygen atoms in total. The molecule has 0 unspecified atom stereocenters. The highest BCUT2D eigenvalue weighted by Crippen LogP contribution is 2.43. The Bertz CT molecular complexity index is 314. The summed E-state index contributed by atoms with van der Waals surface area (Å²) >= 11 is 0. The average molecular weight is 249 g/mol. The van der Waals surface area contributed by atoms with Crippen molar-refractivity contribution < 1.29 is 0 Å². The summed E-state index contributed by atoms with van der Waals surface area (Å²) in [6.45, 7) is 5.39. The first kappa shape index (κ1) is 13.6. The van der Waals surface area contributed by atoms with Crippen LogP contribution < -0.4 is 5.32 Å². The van der Waals surface area contributed by atoms with Gasteiger partial charge in [0.1, 0.15) is 0 Å². The monoisotopic (exact) mass is 249 g/mol. The maximum absolute atomic E-state index is 4.43. The minimum atomic E-state index is 0.610. The summed E-state index contributed by atoms with van der Waals surface area (Å²) in [4.78, 5) is 6.85. The first-order valence-electron chi connectivity index (χ1n) is 7.30. The summed E-state index contributed by atoms with van der Waals surface area (Å²) in [6.07, 6.45) is 12.3. The third-order valence-corrected chi connectivity index (χ3v) is 4.47. The molecule has 1 aliphatic heterocycles. The van der Waals surface area contributed by atoms with E-state index in [4.69, 9.17) is 0 Å². The highest BCUT2D eigenvalue weighted by Gasteiger charge is 2.33. The molecular weight excluding hydrogens is 222 g/mol. The van der Waals surface area contributed by atoms with Crippen LogP contribution in [0.25, 0.3) is 0 Å². The Kier molecular flexibility index (Phi) is 4.81. The Balaban J connectivity index is 2.00. The Morgan fingerprint density at radius 3 is 2.78 bits per heavy atom. The van der Waals surface area contributed by atoms with Crippen LogP contribution in [-0.2, 0) is 0 Å². The van der Waals surface area contributed by atoms with E-state index in [0.29, 0.717) is 5.41 Å². The quantitative estimate of drug-likeness (QED) is 0.715. The van der Waals surface area contributed by atoms with Crippen LogP contribution in [0.3, 0.4) is 0 Å². The Labute approximate surface area is 111 Å². The standard InChI is InChI=1S/C15H27N3/c1-14-13-18(2)12-8-15(5-3-4-6-15)7-9-16-10-11-17-14/h10-11,16H,3-9,12-13H2,1-2H3/b11-10+,17-14?. The van der Waals surface area contributed by atoms with Crippen molar-refractivity contribution in [3.63, 3.8) is 0 Å². The number of hydrogen-bond donors (Lipinski definition) is 1. The van der Waals surface area contributed by atoms with Crippen molar-refractivity contribution in [1.82, 2.24) is 10.2 Å². The zero-order valence-electron chi connectivity index (χ0n) is 11.9. The van der Waals surface area contributed by atoms with Gasteiger partial charge >= 0.3 is 0 Å². The van der Waals surface area contributed by atoms with Crippen LogP contribution in [0.4, 0.5) is 0 Å². The van der Waals surface area contributed by atoms with Crippen LogP contribution in [0.1, 0.15) is 45.4 Å². The van der Waals surface area contributed by atoms with Crippen LogP contribution in [-0.4, -0.2) is 37.3 Å². The van der Waals surface area contributed by atoms with E-state index < -0.39 is 0 Å². The fourth-order valence-corrected chi connectivity index (χ4v) is 3.33. The summed E-state index contributed by atoms with van der Waals surface area (Å²) in [5.41, 5.74) is 1.80. The smallest absolute Gasteiger partial charge is 0.0424 e. The molecule has 0 aromatic rings. The topological polar surface area (TPSA) is 27.6 Å². The summed E-state index contributed by atoms with van der Waals surface area (Å²) in [5, 5.41) is 3.38. The molecule has 1 aliphatic carbocycles. The van der Waals surface area contributed by atoms with Gasteiger partial charge in [0.2, 0.25) is 0 Å². The molecule has 3 heteroatoms. The number of rotatable bonds is 0. The predicted molar refractivity (Wildman–Crippen MR) is 77.9 cm³/mol. The summed E-state index contributed by atoms with van der Waals surface area (Å²) in [7, 11) is 2.22. The van der Waals surface area contributed by atoms with Crippen molar-refractivity contribution in [3.8, 4) is 0 Å². The van der Waals surface area contributed by atoms with Gasteiger partial charge in [-0.3, -0.25) is 4.99 Å². The Morgan fingerprint density at radius 1 is 1.22 bits per heavy atom. The maximum Gasteiger partial charge on any atom is 0.0424 e. The molecule has 0 bridgehead atoms. The molecule has 2 aliphatic rings. The number of nitrogens with one attached hydrogen (secondary N) is 1. The highest BCUT2D eigenvalue weighted by atomic mass is 15.1. The van der Waals surface area contributed by atoms with Crippen molar-refractivity contribution >= 4 is 5.71 Å². The van der Waals surface area contributed by atoms with Crippen molar-refractivity contribution in [2.45, 2.75) is 45.4 Å². The van der Waals surface area contributed by atoms with Crippen molar-refractivity contribution in [2.24, 2.45) is 10.4 Å². The lowest BCUT2D eigenvalue weighted by atomic mass is 9.79.